The lowest BCUT2D eigenvalue weighted by Crippen LogP contribution is -2.46. The van der Waals surface area contributed by atoms with Crippen LogP contribution in [0.4, 0.5) is 0 Å². The Morgan fingerprint density at radius 3 is 2.62 bits per heavy atom. The molecule has 1 saturated heterocycles. The summed E-state index contributed by atoms with van der Waals surface area (Å²) in [5.41, 5.74) is 5.40. The first-order valence-corrected chi connectivity index (χ1v) is 7.45. The van der Waals surface area contributed by atoms with Crippen LogP contribution < -0.4 is 5.73 Å². The second kappa shape index (κ2) is 5.63. The summed E-state index contributed by atoms with van der Waals surface area (Å²) in [6.07, 6.45) is 1.95. The Kier molecular flexibility index (Phi) is 4.73. The monoisotopic (exact) mass is 248 g/mol. The van der Waals surface area contributed by atoms with Crippen LogP contribution in [0.15, 0.2) is 0 Å². The first-order chi connectivity index (χ1) is 7.53. The first-order valence-electron chi connectivity index (χ1n) is 5.73. The number of sulfone groups is 1. The summed E-state index contributed by atoms with van der Waals surface area (Å²) in [6.45, 7) is 3.15. The van der Waals surface area contributed by atoms with Crippen molar-refractivity contribution in [1.82, 2.24) is 4.90 Å². The second-order valence-corrected chi connectivity index (χ2v) is 6.36. The average molecular weight is 248 g/mol. The van der Waals surface area contributed by atoms with Crippen molar-refractivity contribution in [3.8, 4) is 0 Å². The van der Waals surface area contributed by atoms with E-state index >= 15 is 0 Å². The summed E-state index contributed by atoms with van der Waals surface area (Å²) in [5.74, 6) is -0.128. The van der Waals surface area contributed by atoms with E-state index in [9.17, 15) is 13.2 Å². The van der Waals surface area contributed by atoms with Gasteiger partial charge in [-0.15, -0.1) is 0 Å². The lowest BCUT2D eigenvalue weighted by atomic mass is 10.1. The molecule has 0 aromatic heterocycles. The Morgan fingerprint density at radius 2 is 2.12 bits per heavy atom. The molecule has 1 heterocycles. The zero-order valence-electron chi connectivity index (χ0n) is 9.68. The van der Waals surface area contributed by atoms with Crippen molar-refractivity contribution in [3.63, 3.8) is 0 Å². The van der Waals surface area contributed by atoms with Crippen LogP contribution in [0.1, 0.15) is 26.2 Å². The molecule has 1 fully saturated rings. The number of nitrogens with zero attached hydrogens (tertiary/aromatic N) is 1. The summed E-state index contributed by atoms with van der Waals surface area (Å²) < 4.78 is 23.5. The zero-order valence-corrected chi connectivity index (χ0v) is 10.5. The maximum absolute atomic E-state index is 12.0. The van der Waals surface area contributed by atoms with Crippen molar-refractivity contribution in [3.05, 3.63) is 0 Å². The largest absolute Gasteiger partial charge is 0.341 e. The maximum atomic E-state index is 12.0. The highest BCUT2D eigenvalue weighted by Gasteiger charge is 2.36. The van der Waals surface area contributed by atoms with E-state index in [0.29, 0.717) is 32.5 Å². The summed E-state index contributed by atoms with van der Waals surface area (Å²) >= 11 is 0. The third-order valence-corrected chi connectivity index (χ3v) is 5.11. The minimum absolute atomic E-state index is 0.142. The molecule has 0 bridgehead atoms. The molecule has 0 aromatic carbocycles. The Bertz CT molecular complexity index is 340. The summed E-state index contributed by atoms with van der Waals surface area (Å²) in [5, 5.41) is -0.826. The molecule has 1 aliphatic heterocycles. The molecule has 0 radical (unpaired) electrons. The predicted octanol–water partition coefficient (Wildman–Crippen LogP) is -0.239. The molecular weight excluding hydrogens is 228 g/mol. The van der Waals surface area contributed by atoms with E-state index < -0.39 is 15.1 Å². The molecule has 1 atom stereocenters. The van der Waals surface area contributed by atoms with Crippen molar-refractivity contribution >= 4 is 15.7 Å². The third kappa shape index (κ3) is 2.95. The second-order valence-electron chi connectivity index (χ2n) is 4.06. The topological polar surface area (TPSA) is 80.5 Å². The van der Waals surface area contributed by atoms with Gasteiger partial charge in [-0.05, 0) is 19.8 Å². The van der Waals surface area contributed by atoms with Gasteiger partial charge in [0.25, 0.3) is 0 Å². The van der Waals surface area contributed by atoms with Crippen molar-refractivity contribution in [1.29, 1.82) is 0 Å². The van der Waals surface area contributed by atoms with Gasteiger partial charge in [0.2, 0.25) is 5.91 Å². The van der Waals surface area contributed by atoms with Crippen LogP contribution in [-0.2, 0) is 14.6 Å². The molecule has 1 unspecified atom stereocenters. The fourth-order valence-corrected chi connectivity index (χ4v) is 3.89. The van der Waals surface area contributed by atoms with Crippen LogP contribution in [0.3, 0.4) is 0 Å². The van der Waals surface area contributed by atoms with Crippen LogP contribution in [-0.4, -0.2) is 49.9 Å². The molecule has 1 amide bonds. The molecule has 6 heteroatoms. The van der Waals surface area contributed by atoms with Crippen LogP contribution in [0.2, 0.25) is 0 Å². The molecule has 0 saturated carbocycles. The molecule has 5 nitrogen and oxygen atoms in total. The minimum atomic E-state index is -3.23. The Hall–Kier alpha value is -0.620. The van der Waals surface area contributed by atoms with Crippen LogP contribution >= 0.6 is 0 Å². The summed E-state index contributed by atoms with van der Waals surface area (Å²) in [4.78, 5) is 13.6. The van der Waals surface area contributed by atoms with Gasteiger partial charge in [-0.2, -0.15) is 0 Å². The number of amides is 1. The normalized spacial score (nSPS) is 24.0. The standard InChI is InChI=1S/C10H20N2O3S/c1-2-12(7-6-11)10(13)9-5-3-4-8-16(9,14)15/h9H,2-8,11H2,1H3. The third-order valence-electron chi connectivity index (χ3n) is 2.95. The van der Waals surface area contributed by atoms with E-state index in [2.05, 4.69) is 0 Å². The predicted molar refractivity (Wildman–Crippen MR) is 62.7 cm³/mol. The quantitative estimate of drug-likeness (QED) is 0.744. The fraction of sp³-hybridized carbons (Fsp3) is 0.900. The van der Waals surface area contributed by atoms with E-state index in [1.165, 1.54) is 4.90 Å². The van der Waals surface area contributed by atoms with Crippen molar-refractivity contribution in [2.75, 3.05) is 25.4 Å². The van der Waals surface area contributed by atoms with Crippen LogP contribution in [0.25, 0.3) is 0 Å². The van der Waals surface area contributed by atoms with Crippen LogP contribution in [0.5, 0.6) is 0 Å². The molecular formula is C10H20N2O3S. The van der Waals surface area contributed by atoms with Gasteiger partial charge in [-0.25, -0.2) is 8.42 Å². The molecule has 0 spiro atoms. The van der Waals surface area contributed by atoms with E-state index in [4.69, 9.17) is 5.73 Å². The number of carbonyl (C=O) groups is 1. The average Bonchev–Trinajstić information content (AvgIpc) is 2.24. The molecule has 1 rings (SSSR count). The number of hydrogen-bond acceptors (Lipinski definition) is 4. The zero-order chi connectivity index (χ0) is 12.2. The Morgan fingerprint density at radius 1 is 1.44 bits per heavy atom. The lowest BCUT2D eigenvalue weighted by Gasteiger charge is -2.28. The molecule has 0 aromatic rings. The van der Waals surface area contributed by atoms with E-state index in [-0.39, 0.29) is 11.7 Å². The molecule has 0 aliphatic carbocycles. The number of rotatable bonds is 4. The van der Waals surface area contributed by atoms with Gasteiger partial charge in [0.05, 0.1) is 5.75 Å². The van der Waals surface area contributed by atoms with E-state index in [1.807, 2.05) is 6.92 Å². The number of nitrogens with two attached hydrogens (primary N) is 1. The highest BCUT2D eigenvalue weighted by molar-refractivity contribution is 7.92. The van der Waals surface area contributed by atoms with Gasteiger partial charge in [-0.3, -0.25) is 4.79 Å². The SMILES string of the molecule is CCN(CCN)C(=O)C1CCCCS1(=O)=O. The van der Waals surface area contributed by atoms with Crippen molar-refractivity contribution < 1.29 is 13.2 Å². The highest BCUT2D eigenvalue weighted by atomic mass is 32.2. The molecule has 94 valence electrons. The summed E-state index contributed by atoms with van der Waals surface area (Å²) in [6, 6.07) is 0. The maximum Gasteiger partial charge on any atom is 0.240 e. The smallest absolute Gasteiger partial charge is 0.240 e. The van der Waals surface area contributed by atoms with Gasteiger partial charge in [0.1, 0.15) is 5.25 Å². The Balaban J connectivity index is 2.78. The van der Waals surface area contributed by atoms with Gasteiger partial charge in [0.15, 0.2) is 9.84 Å². The molecule has 1 aliphatic rings. The fourth-order valence-electron chi connectivity index (χ4n) is 2.02. The van der Waals surface area contributed by atoms with E-state index in [0.717, 1.165) is 6.42 Å². The first kappa shape index (κ1) is 13.4. The minimum Gasteiger partial charge on any atom is -0.341 e. The molecule has 16 heavy (non-hydrogen) atoms. The van der Waals surface area contributed by atoms with Crippen LogP contribution in [0, 0.1) is 0 Å². The van der Waals surface area contributed by atoms with Crippen molar-refractivity contribution in [2.45, 2.75) is 31.4 Å². The van der Waals surface area contributed by atoms with E-state index in [1.54, 1.807) is 0 Å². The number of carbonyl (C=O) groups excluding carboxylic acids is 1. The van der Waals surface area contributed by atoms with Gasteiger partial charge in [-0.1, -0.05) is 6.42 Å². The molecule has 2 N–H and O–H groups in total. The van der Waals surface area contributed by atoms with Gasteiger partial charge < -0.3 is 10.6 Å². The van der Waals surface area contributed by atoms with Crippen molar-refractivity contribution in [2.24, 2.45) is 5.73 Å². The van der Waals surface area contributed by atoms with Gasteiger partial charge in [0, 0.05) is 19.6 Å². The number of hydrogen-bond donors (Lipinski definition) is 1. The lowest BCUT2D eigenvalue weighted by molar-refractivity contribution is -0.130. The van der Waals surface area contributed by atoms with Gasteiger partial charge >= 0.3 is 0 Å². The Labute approximate surface area is 96.9 Å². The number of likely N-dealkylation sites (N-methyl/N-ethyl adjacent to an activating group) is 1. The summed E-state index contributed by atoms with van der Waals surface area (Å²) in [7, 11) is -3.23. The highest BCUT2D eigenvalue weighted by Crippen LogP contribution is 2.21.